The molecule has 1 unspecified atom stereocenters. The molecule has 0 aliphatic rings. The van der Waals surface area contributed by atoms with Gasteiger partial charge in [0.1, 0.15) is 5.75 Å². The van der Waals surface area contributed by atoms with Crippen molar-refractivity contribution in [3.05, 3.63) is 27.2 Å². The first-order chi connectivity index (χ1) is 11.0. The quantitative estimate of drug-likeness (QED) is 0.346. The molecule has 0 spiro atoms. The van der Waals surface area contributed by atoms with Crippen LogP contribution in [0.2, 0.25) is 15.1 Å². The van der Waals surface area contributed by atoms with E-state index in [0.29, 0.717) is 11.4 Å². The topological polar surface area (TPSA) is 46.5 Å². The summed E-state index contributed by atoms with van der Waals surface area (Å²) >= 11 is 17.8. The van der Waals surface area contributed by atoms with Gasteiger partial charge >= 0.3 is 5.97 Å². The number of carboxylic acids is 1. The van der Waals surface area contributed by atoms with E-state index in [1.165, 1.54) is 37.8 Å². The van der Waals surface area contributed by atoms with Crippen molar-refractivity contribution < 1.29 is 14.6 Å². The number of benzene rings is 1. The Balaban J connectivity index is 2.47. The number of carbonyl (C=O) groups is 1. The van der Waals surface area contributed by atoms with E-state index in [-0.39, 0.29) is 15.8 Å². The zero-order valence-electron chi connectivity index (χ0n) is 13.3. The molecule has 0 aromatic heterocycles. The van der Waals surface area contributed by atoms with Crippen molar-refractivity contribution in [2.24, 2.45) is 0 Å². The Hall–Kier alpha value is -0.640. The normalized spacial score (nSPS) is 12.2. The van der Waals surface area contributed by atoms with Gasteiger partial charge in [0.25, 0.3) is 0 Å². The largest absolute Gasteiger partial charge is 0.479 e. The van der Waals surface area contributed by atoms with E-state index in [1.54, 1.807) is 0 Å². The summed E-state index contributed by atoms with van der Waals surface area (Å²) in [6.45, 7) is 2.18. The van der Waals surface area contributed by atoms with Gasteiger partial charge in [0.15, 0.2) is 6.10 Å². The van der Waals surface area contributed by atoms with Crippen molar-refractivity contribution in [3.8, 4) is 5.75 Å². The highest BCUT2D eigenvalue weighted by atomic mass is 35.5. The van der Waals surface area contributed by atoms with Crippen LogP contribution in [0.25, 0.3) is 0 Å². The fourth-order valence-electron chi connectivity index (χ4n) is 2.27. The maximum Gasteiger partial charge on any atom is 0.344 e. The summed E-state index contributed by atoms with van der Waals surface area (Å²) in [6.07, 6.45) is 7.38. The van der Waals surface area contributed by atoms with Crippen molar-refractivity contribution >= 4 is 40.8 Å². The number of rotatable bonds is 11. The summed E-state index contributed by atoms with van der Waals surface area (Å²) in [6, 6.07) is 2.90. The van der Waals surface area contributed by atoms with Gasteiger partial charge in [-0.05, 0) is 18.9 Å². The van der Waals surface area contributed by atoms with Crippen LogP contribution in [-0.4, -0.2) is 17.2 Å². The number of hydrogen-bond acceptors (Lipinski definition) is 2. The van der Waals surface area contributed by atoms with Crippen LogP contribution in [-0.2, 0) is 4.79 Å². The average molecular weight is 382 g/mol. The minimum absolute atomic E-state index is 0.247. The van der Waals surface area contributed by atoms with E-state index in [0.717, 1.165) is 19.3 Å². The molecule has 0 aliphatic heterocycles. The minimum Gasteiger partial charge on any atom is -0.479 e. The Morgan fingerprint density at radius 3 is 2.17 bits per heavy atom. The molecule has 0 saturated carbocycles. The van der Waals surface area contributed by atoms with Crippen LogP contribution in [0.4, 0.5) is 0 Å². The molecular formula is C17H23Cl3O3. The molecule has 6 heteroatoms. The van der Waals surface area contributed by atoms with Crippen LogP contribution in [0.5, 0.6) is 5.75 Å². The molecule has 0 amide bonds. The molecule has 1 atom stereocenters. The van der Waals surface area contributed by atoms with Gasteiger partial charge in [0, 0.05) is 6.07 Å². The van der Waals surface area contributed by atoms with E-state index in [4.69, 9.17) is 39.5 Å². The Labute approximate surface area is 152 Å². The third-order valence-corrected chi connectivity index (χ3v) is 4.61. The molecule has 130 valence electrons. The summed E-state index contributed by atoms with van der Waals surface area (Å²) < 4.78 is 5.51. The lowest BCUT2D eigenvalue weighted by molar-refractivity contribution is -0.145. The van der Waals surface area contributed by atoms with E-state index < -0.39 is 12.1 Å². The molecule has 0 heterocycles. The van der Waals surface area contributed by atoms with Gasteiger partial charge in [-0.15, -0.1) is 0 Å². The molecule has 1 aromatic carbocycles. The average Bonchev–Trinajstić information content (AvgIpc) is 2.49. The summed E-state index contributed by atoms with van der Waals surface area (Å²) in [7, 11) is 0. The number of halogens is 3. The molecule has 1 rings (SSSR count). The summed E-state index contributed by atoms with van der Waals surface area (Å²) in [5.41, 5.74) is 0. The van der Waals surface area contributed by atoms with Crippen molar-refractivity contribution in [2.75, 3.05) is 0 Å². The third-order valence-electron chi connectivity index (χ3n) is 3.59. The van der Waals surface area contributed by atoms with E-state index >= 15 is 0 Å². The Morgan fingerprint density at radius 1 is 1.00 bits per heavy atom. The monoisotopic (exact) mass is 380 g/mol. The number of aliphatic carboxylic acids is 1. The maximum atomic E-state index is 11.3. The van der Waals surface area contributed by atoms with Crippen molar-refractivity contribution in [2.45, 2.75) is 64.4 Å². The molecule has 0 aliphatic carbocycles. The second kappa shape index (κ2) is 11.0. The van der Waals surface area contributed by atoms with E-state index in [9.17, 15) is 9.90 Å². The van der Waals surface area contributed by atoms with Crippen molar-refractivity contribution in [1.82, 2.24) is 0 Å². The highest BCUT2D eigenvalue weighted by Gasteiger charge is 2.21. The van der Waals surface area contributed by atoms with E-state index in [2.05, 4.69) is 6.92 Å². The summed E-state index contributed by atoms with van der Waals surface area (Å²) in [4.78, 5) is 11.3. The molecule has 1 N–H and O–H groups in total. The number of carboxylic acid groups (broad SMARTS) is 1. The Bertz CT molecular complexity index is 506. The van der Waals surface area contributed by atoms with Gasteiger partial charge in [-0.2, -0.15) is 0 Å². The van der Waals surface area contributed by atoms with Crippen LogP contribution < -0.4 is 4.74 Å². The molecule has 3 nitrogen and oxygen atoms in total. The van der Waals surface area contributed by atoms with Crippen LogP contribution >= 0.6 is 34.8 Å². The molecule has 0 saturated heterocycles. The van der Waals surface area contributed by atoms with Crippen LogP contribution in [0.1, 0.15) is 58.3 Å². The number of unbranched alkanes of at least 4 members (excludes halogenated alkanes) is 6. The molecular weight excluding hydrogens is 359 g/mol. The first-order valence-corrected chi connectivity index (χ1v) is 9.13. The molecule has 0 fully saturated rings. The lowest BCUT2D eigenvalue weighted by Gasteiger charge is -2.16. The van der Waals surface area contributed by atoms with E-state index in [1.807, 2.05) is 0 Å². The predicted octanol–water partition coefficient (Wildman–Crippen LogP) is 6.62. The third kappa shape index (κ3) is 7.65. The van der Waals surface area contributed by atoms with Crippen LogP contribution in [0.3, 0.4) is 0 Å². The summed E-state index contributed by atoms with van der Waals surface area (Å²) in [5.74, 6) is -0.755. The van der Waals surface area contributed by atoms with Gasteiger partial charge in [0.2, 0.25) is 0 Å². The standard InChI is InChI=1S/C17H23Cl3O3/c1-2-3-4-5-6-7-8-9-15(17(21)22)23-16-11-13(19)12(18)10-14(16)20/h10-11,15H,2-9H2,1H3,(H,21,22). The first kappa shape index (κ1) is 20.4. The number of hydrogen-bond donors (Lipinski definition) is 1. The number of ether oxygens (including phenoxy) is 1. The van der Waals surface area contributed by atoms with Gasteiger partial charge in [-0.25, -0.2) is 4.79 Å². The first-order valence-electron chi connectivity index (χ1n) is 7.99. The highest BCUT2D eigenvalue weighted by molar-refractivity contribution is 6.43. The van der Waals surface area contributed by atoms with Crippen LogP contribution in [0, 0.1) is 0 Å². The fraction of sp³-hybridized carbons (Fsp3) is 0.588. The lowest BCUT2D eigenvalue weighted by atomic mass is 10.1. The van der Waals surface area contributed by atoms with Gasteiger partial charge < -0.3 is 9.84 Å². The zero-order chi connectivity index (χ0) is 17.2. The molecule has 0 bridgehead atoms. The maximum absolute atomic E-state index is 11.3. The molecule has 23 heavy (non-hydrogen) atoms. The van der Waals surface area contributed by atoms with Gasteiger partial charge in [0.05, 0.1) is 15.1 Å². The van der Waals surface area contributed by atoms with Gasteiger partial charge in [-0.1, -0.05) is 80.3 Å². The zero-order valence-corrected chi connectivity index (χ0v) is 15.6. The predicted molar refractivity (Wildman–Crippen MR) is 96.1 cm³/mol. The van der Waals surface area contributed by atoms with Crippen molar-refractivity contribution in [1.29, 1.82) is 0 Å². The highest BCUT2D eigenvalue weighted by Crippen LogP contribution is 2.34. The van der Waals surface area contributed by atoms with Gasteiger partial charge in [-0.3, -0.25) is 0 Å². The Kier molecular flexibility index (Phi) is 9.77. The van der Waals surface area contributed by atoms with Crippen LogP contribution in [0.15, 0.2) is 12.1 Å². The second-order valence-electron chi connectivity index (χ2n) is 5.55. The second-order valence-corrected chi connectivity index (χ2v) is 6.77. The summed E-state index contributed by atoms with van der Waals surface area (Å²) in [5, 5.41) is 10.1. The Morgan fingerprint density at radius 2 is 1.57 bits per heavy atom. The smallest absolute Gasteiger partial charge is 0.344 e. The molecule has 1 aromatic rings. The fourth-order valence-corrected chi connectivity index (χ4v) is 2.85. The van der Waals surface area contributed by atoms with Crippen molar-refractivity contribution in [3.63, 3.8) is 0 Å². The minimum atomic E-state index is -1.00. The lowest BCUT2D eigenvalue weighted by Crippen LogP contribution is -2.27. The SMILES string of the molecule is CCCCCCCCCC(Oc1cc(Cl)c(Cl)cc1Cl)C(=O)O. The molecule has 0 radical (unpaired) electrons.